The van der Waals surface area contributed by atoms with Crippen LogP contribution in [0.15, 0.2) is 52.9 Å². The van der Waals surface area contributed by atoms with E-state index < -0.39 is 22.7 Å². The Kier molecular flexibility index (Phi) is 8.07. The first-order valence-corrected chi connectivity index (χ1v) is 13.3. The summed E-state index contributed by atoms with van der Waals surface area (Å²) in [5, 5.41) is 9.26. The van der Waals surface area contributed by atoms with Gasteiger partial charge in [0, 0.05) is 25.2 Å². The first-order valence-electron chi connectivity index (χ1n) is 11.9. The van der Waals surface area contributed by atoms with E-state index in [2.05, 4.69) is 4.98 Å². The largest absolute Gasteiger partial charge is 0.487 e. The van der Waals surface area contributed by atoms with Crippen LogP contribution >= 0.6 is 0 Å². The van der Waals surface area contributed by atoms with Crippen molar-refractivity contribution in [2.24, 2.45) is 0 Å². The van der Waals surface area contributed by atoms with Crippen molar-refractivity contribution in [2.45, 2.75) is 39.7 Å². The maximum atomic E-state index is 12.9. The summed E-state index contributed by atoms with van der Waals surface area (Å²) in [6.45, 7) is 4.44. The van der Waals surface area contributed by atoms with Gasteiger partial charge < -0.3 is 14.3 Å². The molecule has 1 aliphatic heterocycles. The van der Waals surface area contributed by atoms with Crippen molar-refractivity contribution < 1.29 is 27.5 Å². The zero-order valence-electron chi connectivity index (χ0n) is 20.5. The van der Waals surface area contributed by atoms with Crippen molar-refractivity contribution in [3.05, 3.63) is 71.1 Å². The Labute approximate surface area is 211 Å². The summed E-state index contributed by atoms with van der Waals surface area (Å²) in [5.41, 5.74) is 3.59. The number of ether oxygens (including phenoxy) is 1. The van der Waals surface area contributed by atoms with E-state index in [-0.39, 0.29) is 13.2 Å². The van der Waals surface area contributed by atoms with E-state index in [1.165, 1.54) is 4.31 Å². The Morgan fingerprint density at radius 2 is 1.86 bits per heavy atom. The van der Waals surface area contributed by atoms with Crippen LogP contribution in [-0.2, 0) is 28.0 Å². The lowest BCUT2D eigenvalue weighted by Gasteiger charge is -2.26. The number of hydrogen-bond donors (Lipinski definition) is 1. The maximum absolute atomic E-state index is 12.9. The Morgan fingerprint density at radius 3 is 2.56 bits per heavy atom. The van der Waals surface area contributed by atoms with Crippen molar-refractivity contribution in [1.29, 1.82) is 0 Å². The summed E-state index contributed by atoms with van der Waals surface area (Å²) in [7, 11) is -3.81. The third-order valence-corrected chi connectivity index (χ3v) is 8.13. The van der Waals surface area contributed by atoms with Gasteiger partial charge in [0.1, 0.15) is 30.4 Å². The van der Waals surface area contributed by atoms with Crippen molar-refractivity contribution in [3.8, 4) is 17.2 Å². The molecular formula is C26H31N3O6S. The molecule has 3 aromatic rings. The number of carboxylic acids is 1. The molecule has 1 fully saturated rings. The van der Waals surface area contributed by atoms with Crippen molar-refractivity contribution in [2.75, 3.05) is 26.2 Å². The van der Waals surface area contributed by atoms with E-state index in [1.807, 2.05) is 62.4 Å². The third-order valence-electron chi connectivity index (χ3n) is 6.14. The number of oxazole rings is 1. The fraction of sp³-hybridized carbons (Fsp3) is 0.385. The summed E-state index contributed by atoms with van der Waals surface area (Å²) in [6.07, 6.45) is 1.94. The molecule has 36 heavy (non-hydrogen) atoms. The standard InChI is InChI=1S/C26H31N3O6S/c1-19-8-10-22(11-9-19)26-27-24(20(2)35-26)18-34-23-7-5-6-21(16-23)12-15-29(17-25(30)31)36(32,33)28-13-3-4-14-28/h5-11,16H,3-4,12-15,17-18H2,1-2H3,(H,30,31). The van der Waals surface area contributed by atoms with Gasteiger partial charge in [0.2, 0.25) is 5.89 Å². The Balaban J connectivity index is 1.40. The molecule has 0 bridgehead atoms. The molecule has 1 N–H and O–H groups in total. The molecule has 0 aliphatic carbocycles. The van der Waals surface area contributed by atoms with Gasteiger partial charge in [-0.2, -0.15) is 17.0 Å². The normalized spacial score (nSPS) is 14.4. The van der Waals surface area contributed by atoms with E-state index in [4.69, 9.17) is 9.15 Å². The van der Waals surface area contributed by atoms with Gasteiger partial charge in [0.05, 0.1) is 0 Å². The number of benzene rings is 2. The van der Waals surface area contributed by atoms with Crippen LogP contribution in [0.2, 0.25) is 0 Å². The minimum absolute atomic E-state index is 0.0664. The Bertz CT molecular complexity index is 1300. The highest BCUT2D eigenvalue weighted by Gasteiger charge is 2.32. The molecule has 10 heteroatoms. The van der Waals surface area contributed by atoms with E-state index in [0.717, 1.165) is 33.8 Å². The predicted molar refractivity (Wildman–Crippen MR) is 135 cm³/mol. The van der Waals surface area contributed by atoms with E-state index in [1.54, 1.807) is 0 Å². The molecule has 1 aliphatic rings. The van der Waals surface area contributed by atoms with Crippen molar-refractivity contribution >= 4 is 16.2 Å². The van der Waals surface area contributed by atoms with Crippen LogP contribution in [0.3, 0.4) is 0 Å². The maximum Gasteiger partial charge on any atom is 0.318 e. The summed E-state index contributed by atoms with van der Waals surface area (Å²) < 4.78 is 40.0. The van der Waals surface area contributed by atoms with Gasteiger partial charge in [-0.15, -0.1) is 0 Å². The molecule has 0 spiro atoms. The SMILES string of the molecule is Cc1ccc(-c2nc(COc3cccc(CCN(CC(=O)O)S(=O)(=O)N4CCCC4)c3)c(C)o2)cc1. The minimum Gasteiger partial charge on any atom is -0.487 e. The van der Waals surface area contributed by atoms with Crippen LogP contribution in [0.1, 0.15) is 35.4 Å². The number of nitrogens with zero attached hydrogens (tertiary/aromatic N) is 3. The molecule has 2 heterocycles. The Hall–Kier alpha value is -3.21. The molecule has 0 saturated carbocycles. The number of rotatable bonds is 11. The second-order valence-electron chi connectivity index (χ2n) is 8.92. The molecular weight excluding hydrogens is 482 g/mol. The Morgan fingerprint density at radius 1 is 1.14 bits per heavy atom. The van der Waals surface area contributed by atoms with Crippen LogP contribution in [0, 0.1) is 13.8 Å². The number of hydrogen-bond acceptors (Lipinski definition) is 6. The van der Waals surface area contributed by atoms with Crippen molar-refractivity contribution in [1.82, 2.24) is 13.6 Å². The second kappa shape index (κ2) is 11.2. The zero-order valence-corrected chi connectivity index (χ0v) is 21.3. The van der Waals surface area contributed by atoms with E-state index in [0.29, 0.717) is 42.6 Å². The number of aliphatic carboxylic acids is 1. The lowest BCUT2D eigenvalue weighted by atomic mass is 10.1. The lowest BCUT2D eigenvalue weighted by molar-refractivity contribution is -0.137. The molecule has 1 aromatic heterocycles. The van der Waals surface area contributed by atoms with Crippen LogP contribution in [-0.4, -0.2) is 59.3 Å². The smallest absolute Gasteiger partial charge is 0.318 e. The zero-order chi connectivity index (χ0) is 25.7. The second-order valence-corrected chi connectivity index (χ2v) is 10.8. The van der Waals surface area contributed by atoms with E-state index in [9.17, 15) is 18.3 Å². The highest BCUT2D eigenvalue weighted by Crippen LogP contribution is 2.24. The first-order chi connectivity index (χ1) is 17.2. The van der Waals surface area contributed by atoms with Crippen LogP contribution in [0.25, 0.3) is 11.5 Å². The molecule has 0 unspecified atom stereocenters. The van der Waals surface area contributed by atoms with Crippen molar-refractivity contribution in [3.63, 3.8) is 0 Å². The topological polar surface area (TPSA) is 113 Å². The van der Waals surface area contributed by atoms with Gasteiger partial charge in [-0.1, -0.05) is 29.8 Å². The van der Waals surface area contributed by atoms with Gasteiger partial charge in [0.25, 0.3) is 10.2 Å². The molecule has 1 saturated heterocycles. The fourth-order valence-electron chi connectivity index (χ4n) is 4.09. The number of carboxylic acid groups (broad SMARTS) is 1. The van der Waals surface area contributed by atoms with Gasteiger partial charge >= 0.3 is 5.97 Å². The molecule has 192 valence electrons. The molecule has 2 aromatic carbocycles. The highest BCUT2D eigenvalue weighted by atomic mass is 32.2. The van der Waals surface area contributed by atoms with Crippen LogP contribution in [0.5, 0.6) is 5.75 Å². The minimum atomic E-state index is -3.81. The summed E-state index contributed by atoms with van der Waals surface area (Å²) in [4.78, 5) is 15.9. The fourth-order valence-corrected chi connectivity index (χ4v) is 5.73. The third kappa shape index (κ3) is 6.31. The summed E-state index contributed by atoms with van der Waals surface area (Å²) in [5.74, 6) is 0.651. The number of carbonyl (C=O) groups is 1. The lowest BCUT2D eigenvalue weighted by Crippen LogP contribution is -2.45. The molecule has 0 atom stereocenters. The quantitative estimate of drug-likeness (QED) is 0.415. The van der Waals surface area contributed by atoms with Crippen LogP contribution < -0.4 is 4.74 Å². The van der Waals surface area contributed by atoms with E-state index >= 15 is 0 Å². The first kappa shape index (κ1) is 25.9. The predicted octanol–water partition coefficient (Wildman–Crippen LogP) is 3.81. The molecule has 0 amide bonds. The summed E-state index contributed by atoms with van der Waals surface area (Å²) >= 11 is 0. The monoisotopic (exact) mass is 513 g/mol. The summed E-state index contributed by atoms with van der Waals surface area (Å²) in [6, 6.07) is 15.3. The molecule has 0 radical (unpaired) electrons. The molecule has 9 nitrogen and oxygen atoms in total. The number of aryl methyl sites for hydroxylation is 2. The van der Waals surface area contributed by atoms with Gasteiger partial charge in [-0.3, -0.25) is 4.79 Å². The highest BCUT2D eigenvalue weighted by molar-refractivity contribution is 7.86. The van der Waals surface area contributed by atoms with Gasteiger partial charge in [-0.25, -0.2) is 4.98 Å². The average Bonchev–Trinajstić information content (AvgIpc) is 3.52. The van der Waals surface area contributed by atoms with Gasteiger partial charge in [0.15, 0.2) is 0 Å². The van der Waals surface area contributed by atoms with Crippen LogP contribution in [0.4, 0.5) is 0 Å². The number of aromatic nitrogens is 1. The molecule has 4 rings (SSSR count). The van der Waals surface area contributed by atoms with Gasteiger partial charge in [-0.05, 0) is 62.9 Å². The average molecular weight is 514 g/mol.